The number of fused-ring (bicyclic) bond motifs is 1. The third-order valence-electron chi connectivity index (χ3n) is 4.40. The first-order valence-corrected chi connectivity index (χ1v) is 8.04. The number of rotatable bonds is 3. The largest absolute Gasteiger partial charge is 0.350 e. The van der Waals surface area contributed by atoms with Gasteiger partial charge in [-0.2, -0.15) is 0 Å². The van der Waals surface area contributed by atoms with Gasteiger partial charge in [-0.15, -0.1) is 0 Å². The highest BCUT2D eigenvalue weighted by Crippen LogP contribution is 2.30. The highest BCUT2D eigenvalue weighted by atomic mass is 19.1. The van der Waals surface area contributed by atoms with Gasteiger partial charge in [0.1, 0.15) is 17.7 Å². The van der Waals surface area contributed by atoms with Crippen LogP contribution >= 0.6 is 0 Å². The molecule has 0 aromatic heterocycles. The average molecular weight is 344 g/mol. The van der Waals surface area contributed by atoms with Crippen LogP contribution in [0.2, 0.25) is 0 Å². The second-order valence-electron chi connectivity index (χ2n) is 6.02. The van der Waals surface area contributed by atoms with Crippen LogP contribution in [0.4, 0.5) is 8.78 Å². The topological polar surface area (TPSA) is 49.4 Å². The maximum Gasteiger partial charge on any atom is 0.247 e. The summed E-state index contributed by atoms with van der Waals surface area (Å²) in [6.45, 7) is 1.71. The Balaban J connectivity index is 1.83. The Morgan fingerprint density at radius 2 is 1.96 bits per heavy atom. The molecule has 0 bridgehead atoms. The van der Waals surface area contributed by atoms with Crippen LogP contribution in [0.15, 0.2) is 42.5 Å². The van der Waals surface area contributed by atoms with Crippen LogP contribution in [0.25, 0.3) is 0 Å². The monoisotopic (exact) mass is 344 g/mol. The summed E-state index contributed by atoms with van der Waals surface area (Å²) in [5.41, 5.74) is 1.84. The standard InChI is InChI=1S/C19H18F2N2O2/c1-12(24)23-9-8-13-4-2-3-5-16(13)18(23)19(25)22-11-14-10-15(20)6-7-17(14)21/h2-7,10,18H,8-9,11H2,1H3,(H,22,25)/t18-/m0/s1. The van der Waals surface area contributed by atoms with Gasteiger partial charge in [0.05, 0.1) is 0 Å². The van der Waals surface area contributed by atoms with Gasteiger partial charge in [0, 0.05) is 25.6 Å². The second-order valence-corrected chi connectivity index (χ2v) is 6.02. The fraction of sp³-hybridized carbons (Fsp3) is 0.263. The van der Waals surface area contributed by atoms with Crippen molar-refractivity contribution in [1.82, 2.24) is 10.2 Å². The zero-order chi connectivity index (χ0) is 18.0. The fourth-order valence-electron chi connectivity index (χ4n) is 3.15. The van der Waals surface area contributed by atoms with E-state index >= 15 is 0 Å². The van der Waals surface area contributed by atoms with Gasteiger partial charge >= 0.3 is 0 Å². The van der Waals surface area contributed by atoms with E-state index in [2.05, 4.69) is 5.32 Å². The zero-order valence-corrected chi connectivity index (χ0v) is 13.8. The van der Waals surface area contributed by atoms with Crippen LogP contribution < -0.4 is 5.32 Å². The first-order valence-electron chi connectivity index (χ1n) is 8.04. The molecule has 0 aliphatic carbocycles. The third-order valence-corrected chi connectivity index (χ3v) is 4.40. The van der Waals surface area contributed by atoms with Crippen LogP contribution in [0.3, 0.4) is 0 Å². The van der Waals surface area contributed by atoms with Gasteiger partial charge in [0.15, 0.2) is 0 Å². The van der Waals surface area contributed by atoms with E-state index in [9.17, 15) is 18.4 Å². The summed E-state index contributed by atoms with van der Waals surface area (Å²) in [6.07, 6.45) is 0.679. The molecule has 0 saturated heterocycles. The van der Waals surface area contributed by atoms with E-state index in [1.807, 2.05) is 24.3 Å². The number of hydrogen-bond donors (Lipinski definition) is 1. The van der Waals surface area contributed by atoms with Crippen LogP contribution in [-0.4, -0.2) is 23.3 Å². The molecule has 1 N–H and O–H groups in total. The van der Waals surface area contributed by atoms with E-state index in [1.165, 1.54) is 11.8 Å². The van der Waals surface area contributed by atoms with Crippen molar-refractivity contribution in [1.29, 1.82) is 0 Å². The van der Waals surface area contributed by atoms with Gasteiger partial charge in [0.25, 0.3) is 0 Å². The molecule has 3 rings (SSSR count). The molecule has 0 saturated carbocycles. The molecule has 130 valence electrons. The van der Waals surface area contributed by atoms with Crippen molar-refractivity contribution in [3.8, 4) is 0 Å². The first kappa shape index (κ1) is 17.1. The molecule has 2 aromatic carbocycles. The van der Waals surface area contributed by atoms with Crippen LogP contribution in [0.5, 0.6) is 0 Å². The van der Waals surface area contributed by atoms with E-state index < -0.39 is 23.6 Å². The second kappa shape index (κ2) is 7.01. The lowest BCUT2D eigenvalue weighted by Gasteiger charge is -2.35. The zero-order valence-electron chi connectivity index (χ0n) is 13.8. The quantitative estimate of drug-likeness (QED) is 0.931. The predicted molar refractivity (Wildman–Crippen MR) is 88.5 cm³/mol. The van der Waals surface area contributed by atoms with Gasteiger partial charge in [-0.1, -0.05) is 24.3 Å². The molecule has 0 unspecified atom stereocenters. The van der Waals surface area contributed by atoms with Crippen molar-refractivity contribution < 1.29 is 18.4 Å². The van der Waals surface area contributed by atoms with Crippen molar-refractivity contribution in [2.75, 3.05) is 6.54 Å². The first-order chi connectivity index (χ1) is 12.0. The minimum atomic E-state index is -0.765. The number of nitrogens with zero attached hydrogens (tertiary/aromatic N) is 1. The highest BCUT2D eigenvalue weighted by molar-refractivity contribution is 5.88. The maximum absolute atomic E-state index is 13.7. The molecule has 2 amide bonds. The Labute approximate surface area is 144 Å². The molecule has 6 heteroatoms. The summed E-state index contributed by atoms with van der Waals surface area (Å²) in [5.74, 6) is -1.77. The molecule has 1 atom stereocenters. The molecule has 25 heavy (non-hydrogen) atoms. The van der Waals surface area contributed by atoms with Gasteiger partial charge in [-0.25, -0.2) is 8.78 Å². The van der Waals surface area contributed by atoms with Crippen LogP contribution in [0.1, 0.15) is 29.7 Å². The molecule has 0 radical (unpaired) electrons. The smallest absolute Gasteiger partial charge is 0.247 e. The number of nitrogens with one attached hydrogen (secondary N) is 1. The number of benzene rings is 2. The summed E-state index contributed by atoms with van der Waals surface area (Å²) in [4.78, 5) is 26.2. The fourth-order valence-corrected chi connectivity index (χ4v) is 3.15. The molecule has 4 nitrogen and oxygen atoms in total. The average Bonchev–Trinajstić information content (AvgIpc) is 2.61. The molecule has 1 aliphatic rings. The van der Waals surface area contributed by atoms with Crippen molar-refractivity contribution in [2.45, 2.75) is 25.9 Å². The van der Waals surface area contributed by atoms with E-state index in [1.54, 1.807) is 0 Å². The van der Waals surface area contributed by atoms with Gasteiger partial charge in [0.2, 0.25) is 11.8 Å². The van der Waals surface area contributed by atoms with E-state index in [4.69, 9.17) is 0 Å². The molecule has 0 spiro atoms. The number of carbonyl (C=O) groups excluding carboxylic acids is 2. The summed E-state index contributed by atoms with van der Waals surface area (Å²) in [6, 6.07) is 9.78. The summed E-state index contributed by atoms with van der Waals surface area (Å²) < 4.78 is 27.0. The Kier molecular flexibility index (Phi) is 4.79. The SMILES string of the molecule is CC(=O)N1CCc2ccccc2[C@H]1C(=O)NCc1cc(F)ccc1F. The molecule has 1 aliphatic heterocycles. The lowest BCUT2D eigenvalue weighted by Crippen LogP contribution is -2.46. The molecule has 0 fully saturated rings. The lowest BCUT2D eigenvalue weighted by molar-refractivity contribution is -0.139. The van der Waals surface area contributed by atoms with Crippen molar-refractivity contribution in [3.63, 3.8) is 0 Å². The van der Waals surface area contributed by atoms with E-state index in [0.29, 0.717) is 13.0 Å². The van der Waals surface area contributed by atoms with Crippen LogP contribution in [-0.2, 0) is 22.6 Å². The third kappa shape index (κ3) is 3.52. The number of amides is 2. The van der Waals surface area contributed by atoms with E-state index in [-0.39, 0.29) is 18.0 Å². The van der Waals surface area contributed by atoms with Crippen molar-refractivity contribution in [3.05, 3.63) is 70.8 Å². The summed E-state index contributed by atoms with van der Waals surface area (Å²) in [5, 5.41) is 2.62. The van der Waals surface area contributed by atoms with Crippen molar-refractivity contribution >= 4 is 11.8 Å². The normalized spacial score (nSPS) is 16.3. The summed E-state index contributed by atoms with van der Waals surface area (Å²) >= 11 is 0. The van der Waals surface area contributed by atoms with Crippen molar-refractivity contribution in [2.24, 2.45) is 0 Å². The maximum atomic E-state index is 13.7. The lowest BCUT2D eigenvalue weighted by atomic mass is 9.92. The van der Waals surface area contributed by atoms with Gasteiger partial charge in [-0.3, -0.25) is 9.59 Å². The Bertz CT molecular complexity index is 823. The predicted octanol–water partition coefficient (Wildman–Crippen LogP) is 2.73. The minimum Gasteiger partial charge on any atom is -0.350 e. The molecular weight excluding hydrogens is 326 g/mol. The number of halogens is 2. The molecule has 1 heterocycles. The summed E-state index contributed by atoms with van der Waals surface area (Å²) in [7, 11) is 0. The highest BCUT2D eigenvalue weighted by Gasteiger charge is 2.34. The minimum absolute atomic E-state index is 0.0619. The Morgan fingerprint density at radius 1 is 1.20 bits per heavy atom. The van der Waals surface area contributed by atoms with Gasteiger partial charge in [-0.05, 0) is 35.7 Å². The Hall–Kier alpha value is -2.76. The van der Waals surface area contributed by atoms with E-state index in [0.717, 1.165) is 29.3 Å². The number of carbonyl (C=O) groups is 2. The van der Waals surface area contributed by atoms with Crippen LogP contribution in [0, 0.1) is 11.6 Å². The molecular formula is C19H18F2N2O2. The Morgan fingerprint density at radius 3 is 2.72 bits per heavy atom. The van der Waals surface area contributed by atoms with Gasteiger partial charge < -0.3 is 10.2 Å². The molecule has 2 aromatic rings. The number of hydrogen-bond acceptors (Lipinski definition) is 2.